The summed E-state index contributed by atoms with van der Waals surface area (Å²) in [4.78, 5) is 17.5. The molecule has 0 radical (unpaired) electrons. The van der Waals surface area contributed by atoms with Crippen LogP contribution in [-0.4, -0.2) is 30.1 Å². The molecule has 0 unspecified atom stereocenters. The fourth-order valence-electron chi connectivity index (χ4n) is 2.72. The molecule has 2 aromatic carbocycles. The first kappa shape index (κ1) is 19.4. The molecule has 0 spiro atoms. The van der Waals surface area contributed by atoms with E-state index < -0.39 is 0 Å². The van der Waals surface area contributed by atoms with Gasteiger partial charge in [0.1, 0.15) is 5.82 Å². The second kappa shape index (κ2) is 8.10. The number of aromatic nitrogens is 2. The molecule has 0 N–H and O–H groups in total. The number of methoxy groups -OCH3 is 2. The first-order chi connectivity index (χ1) is 13.0. The molecule has 1 heterocycles. The molecular formula is C19H17BrClN3O3. The Bertz CT molecular complexity index is 1100. The Kier molecular flexibility index (Phi) is 5.82. The highest BCUT2D eigenvalue weighted by Gasteiger charge is 2.12. The lowest BCUT2D eigenvalue weighted by molar-refractivity contribution is 0.354. The molecule has 0 aliphatic heterocycles. The van der Waals surface area contributed by atoms with E-state index >= 15 is 0 Å². The summed E-state index contributed by atoms with van der Waals surface area (Å²) >= 11 is 9.53. The molecule has 1 aromatic heterocycles. The standard InChI is InChI=1S/C19H17BrClN3O3/c1-4-17-23-15-6-5-12(20)8-14(15)19(25)24(17)22-10-11-7-13(21)9-16(26-2)18(11)27-3/h5-10H,4H2,1-3H3. The highest BCUT2D eigenvalue weighted by atomic mass is 79.9. The van der Waals surface area contributed by atoms with Crippen molar-refractivity contribution in [3.05, 3.63) is 61.6 Å². The fourth-order valence-corrected chi connectivity index (χ4v) is 3.30. The van der Waals surface area contributed by atoms with E-state index in [-0.39, 0.29) is 5.56 Å². The molecule has 0 bridgehead atoms. The Hall–Kier alpha value is -2.38. The molecule has 3 rings (SSSR count). The van der Waals surface area contributed by atoms with Gasteiger partial charge >= 0.3 is 0 Å². The molecule has 3 aromatic rings. The predicted octanol–water partition coefficient (Wildman–Crippen LogP) is 4.27. The highest BCUT2D eigenvalue weighted by Crippen LogP contribution is 2.33. The summed E-state index contributed by atoms with van der Waals surface area (Å²) in [7, 11) is 3.06. The molecule has 0 saturated carbocycles. The van der Waals surface area contributed by atoms with Gasteiger partial charge < -0.3 is 9.47 Å². The van der Waals surface area contributed by atoms with Crippen LogP contribution >= 0.6 is 27.5 Å². The van der Waals surface area contributed by atoms with E-state index in [1.165, 1.54) is 25.1 Å². The van der Waals surface area contributed by atoms with Crippen LogP contribution in [0.4, 0.5) is 0 Å². The minimum absolute atomic E-state index is 0.248. The minimum atomic E-state index is -0.248. The topological polar surface area (TPSA) is 65.7 Å². The van der Waals surface area contributed by atoms with E-state index in [0.29, 0.717) is 45.2 Å². The molecule has 6 nitrogen and oxygen atoms in total. The Labute approximate surface area is 169 Å². The van der Waals surface area contributed by atoms with Crippen molar-refractivity contribution in [3.63, 3.8) is 0 Å². The van der Waals surface area contributed by atoms with E-state index in [9.17, 15) is 4.79 Å². The average Bonchev–Trinajstić information content (AvgIpc) is 2.66. The van der Waals surface area contributed by atoms with Gasteiger partial charge in [-0.2, -0.15) is 9.78 Å². The van der Waals surface area contributed by atoms with Gasteiger partial charge in [-0.05, 0) is 24.3 Å². The summed E-state index contributed by atoms with van der Waals surface area (Å²) < 4.78 is 12.8. The monoisotopic (exact) mass is 449 g/mol. The van der Waals surface area contributed by atoms with Crippen LogP contribution < -0.4 is 15.0 Å². The van der Waals surface area contributed by atoms with Crippen LogP contribution in [-0.2, 0) is 6.42 Å². The van der Waals surface area contributed by atoms with Gasteiger partial charge in [-0.1, -0.05) is 34.5 Å². The molecule has 0 amide bonds. The van der Waals surface area contributed by atoms with Crippen LogP contribution in [0.25, 0.3) is 10.9 Å². The van der Waals surface area contributed by atoms with Crippen molar-refractivity contribution in [3.8, 4) is 11.5 Å². The number of benzene rings is 2. The fraction of sp³-hybridized carbons (Fsp3) is 0.211. The predicted molar refractivity (Wildman–Crippen MR) is 111 cm³/mol. The lowest BCUT2D eigenvalue weighted by Crippen LogP contribution is -2.22. The van der Waals surface area contributed by atoms with Gasteiger partial charge in [0, 0.05) is 27.5 Å². The maximum absolute atomic E-state index is 12.9. The zero-order valence-electron chi connectivity index (χ0n) is 15.0. The van der Waals surface area contributed by atoms with Crippen LogP contribution in [0.3, 0.4) is 0 Å². The van der Waals surface area contributed by atoms with E-state index in [2.05, 4.69) is 26.0 Å². The summed E-state index contributed by atoms with van der Waals surface area (Å²) in [5, 5.41) is 5.31. The first-order valence-electron chi connectivity index (χ1n) is 8.15. The third-order valence-corrected chi connectivity index (χ3v) is 4.69. The second-order valence-electron chi connectivity index (χ2n) is 5.64. The highest BCUT2D eigenvalue weighted by molar-refractivity contribution is 9.10. The summed E-state index contributed by atoms with van der Waals surface area (Å²) in [5.41, 5.74) is 0.973. The van der Waals surface area contributed by atoms with Crippen molar-refractivity contribution in [2.75, 3.05) is 14.2 Å². The quantitative estimate of drug-likeness (QED) is 0.544. The van der Waals surface area contributed by atoms with Crippen molar-refractivity contribution in [2.24, 2.45) is 5.10 Å². The molecule has 0 atom stereocenters. The zero-order valence-corrected chi connectivity index (χ0v) is 17.3. The molecule has 0 saturated heterocycles. The SMILES string of the molecule is CCc1nc2ccc(Br)cc2c(=O)n1N=Cc1cc(Cl)cc(OC)c1OC. The number of hydrogen-bond acceptors (Lipinski definition) is 5. The Morgan fingerprint density at radius 2 is 2.04 bits per heavy atom. The maximum Gasteiger partial charge on any atom is 0.282 e. The van der Waals surface area contributed by atoms with Crippen molar-refractivity contribution < 1.29 is 9.47 Å². The van der Waals surface area contributed by atoms with Crippen molar-refractivity contribution in [1.82, 2.24) is 9.66 Å². The molecule has 27 heavy (non-hydrogen) atoms. The third kappa shape index (κ3) is 3.84. The first-order valence-corrected chi connectivity index (χ1v) is 9.32. The summed E-state index contributed by atoms with van der Waals surface area (Å²) in [6.45, 7) is 1.92. The number of rotatable bonds is 5. The molecule has 0 aliphatic carbocycles. The minimum Gasteiger partial charge on any atom is -0.493 e. The number of aryl methyl sites for hydroxylation is 1. The van der Waals surface area contributed by atoms with E-state index in [4.69, 9.17) is 21.1 Å². The van der Waals surface area contributed by atoms with Gasteiger partial charge in [0.2, 0.25) is 0 Å². The second-order valence-corrected chi connectivity index (χ2v) is 6.99. The van der Waals surface area contributed by atoms with Gasteiger partial charge in [-0.3, -0.25) is 4.79 Å². The summed E-state index contributed by atoms with van der Waals surface area (Å²) in [5.74, 6) is 1.52. The van der Waals surface area contributed by atoms with Gasteiger partial charge in [-0.25, -0.2) is 4.98 Å². The summed E-state index contributed by atoms with van der Waals surface area (Å²) in [6.07, 6.45) is 2.06. The molecule has 140 valence electrons. The van der Waals surface area contributed by atoms with Crippen molar-refractivity contribution in [2.45, 2.75) is 13.3 Å². The summed E-state index contributed by atoms with van der Waals surface area (Å²) in [6, 6.07) is 8.73. The van der Waals surface area contributed by atoms with Gasteiger partial charge in [0.05, 0.1) is 31.3 Å². The number of halogens is 2. The lowest BCUT2D eigenvalue weighted by Gasteiger charge is -2.11. The average molecular weight is 451 g/mol. The number of ether oxygens (including phenoxy) is 2. The number of fused-ring (bicyclic) bond motifs is 1. The number of nitrogens with zero attached hydrogens (tertiary/aromatic N) is 3. The van der Waals surface area contributed by atoms with Crippen LogP contribution in [0.5, 0.6) is 11.5 Å². The van der Waals surface area contributed by atoms with Crippen molar-refractivity contribution >= 4 is 44.6 Å². The smallest absolute Gasteiger partial charge is 0.282 e. The van der Waals surface area contributed by atoms with Crippen LogP contribution in [0.15, 0.2) is 44.7 Å². The Morgan fingerprint density at radius 1 is 1.26 bits per heavy atom. The normalized spacial score (nSPS) is 11.3. The van der Waals surface area contributed by atoms with E-state index in [1.807, 2.05) is 13.0 Å². The molecular weight excluding hydrogens is 434 g/mol. The molecule has 0 aliphatic rings. The lowest BCUT2D eigenvalue weighted by atomic mass is 10.2. The molecule has 8 heteroatoms. The van der Waals surface area contributed by atoms with E-state index in [0.717, 1.165) is 4.47 Å². The Morgan fingerprint density at radius 3 is 2.70 bits per heavy atom. The van der Waals surface area contributed by atoms with Crippen LogP contribution in [0.1, 0.15) is 18.3 Å². The Balaban J connectivity index is 2.18. The largest absolute Gasteiger partial charge is 0.493 e. The third-order valence-electron chi connectivity index (χ3n) is 3.98. The van der Waals surface area contributed by atoms with Crippen LogP contribution in [0, 0.1) is 0 Å². The van der Waals surface area contributed by atoms with Crippen LogP contribution in [0.2, 0.25) is 5.02 Å². The van der Waals surface area contributed by atoms with E-state index in [1.54, 1.807) is 24.3 Å². The van der Waals surface area contributed by atoms with Gasteiger partial charge in [-0.15, -0.1) is 0 Å². The zero-order chi connectivity index (χ0) is 19.6. The number of hydrogen-bond donors (Lipinski definition) is 0. The molecule has 0 fully saturated rings. The maximum atomic E-state index is 12.9. The van der Waals surface area contributed by atoms with Gasteiger partial charge in [0.15, 0.2) is 11.5 Å². The van der Waals surface area contributed by atoms with Gasteiger partial charge in [0.25, 0.3) is 5.56 Å². The van der Waals surface area contributed by atoms with Crippen molar-refractivity contribution in [1.29, 1.82) is 0 Å².